The lowest BCUT2D eigenvalue weighted by Crippen LogP contribution is -2.54. The zero-order valence-corrected chi connectivity index (χ0v) is 11.7. The van der Waals surface area contributed by atoms with Crippen molar-refractivity contribution in [1.29, 1.82) is 0 Å². The number of nitrogens with one attached hydrogen (secondary N) is 1. The second kappa shape index (κ2) is 7.99. The number of nitrogens with zero attached hydrogens (tertiary/aromatic N) is 1. The molecular formula is C13H24N2O4. The van der Waals surface area contributed by atoms with Crippen LogP contribution < -0.4 is 5.32 Å². The van der Waals surface area contributed by atoms with Crippen LogP contribution in [0.4, 0.5) is 4.79 Å². The number of carboxylic acids is 1. The van der Waals surface area contributed by atoms with Crippen LogP contribution in [-0.2, 0) is 9.53 Å². The molecule has 1 aliphatic rings. The van der Waals surface area contributed by atoms with Crippen LogP contribution in [0.15, 0.2) is 0 Å². The number of amides is 2. The average Bonchev–Trinajstić information content (AvgIpc) is 2.39. The molecule has 0 aliphatic carbocycles. The maximum Gasteiger partial charge on any atom is 0.326 e. The molecule has 6 nitrogen and oxygen atoms in total. The highest BCUT2D eigenvalue weighted by atomic mass is 16.5. The van der Waals surface area contributed by atoms with Crippen molar-refractivity contribution in [3.8, 4) is 0 Å². The number of methoxy groups -OCH3 is 1. The van der Waals surface area contributed by atoms with Crippen LogP contribution in [0.3, 0.4) is 0 Å². The van der Waals surface area contributed by atoms with E-state index in [2.05, 4.69) is 5.32 Å². The zero-order chi connectivity index (χ0) is 14.3. The number of carbonyl (C=O) groups is 2. The minimum atomic E-state index is -0.923. The van der Waals surface area contributed by atoms with Crippen molar-refractivity contribution in [1.82, 2.24) is 10.2 Å². The van der Waals surface area contributed by atoms with Crippen LogP contribution in [0, 0.1) is 0 Å². The number of urea groups is 1. The number of carbonyl (C=O) groups excluding carboxylic acids is 1. The summed E-state index contributed by atoms with van der Waals surface area (Å²) in [7, 11) is 1.59. The minimum Gasteiger partial charge on any atom is -0.480 e. The molecule has 0 aromatic heterocycles. The molecule has 2 unspecified atom stereocenters. The van der Waals surface area contributed by atoms with E-state index in [1.165, 1.54) is 4.90 Å². The molecule has 0 bridgehead atoms. The molecule has 19 heavy (non-hydrogen) atoms. The molecule has 0 saturated carbocycles. The van der Waals surface area contributed by atoms with Crippen molar-refractivity contribution < 1.29 is 19.4 Å². The van der Waals surface area contributed by atoms with E-state index in [1.807, 2.05) is 6.92 Å². The van der Waals surface area contributed by atoms with E-state index in [9.17, 15) is 9.59 Å². The first-order chi connectivity index (χ1) is 9.10. The molecule has 2 amide bonds. The Hall–Kier alpha value is -1.30. The molecule has 1 fully saturated rings. The Morgan fingerprint density at radius 1 is 1.47 bits per heavy atom. The average molecular weight is 272 g/mol. The van der Waals surface area contributed by atoms with E-state index in [0.717, 1.165) is 25.7 Å². The smallest absolute Gasteiger partial charge is 0.326 e. The summed E-state index contributed by atoms with van der Waals surface area (Å²) in [6.07, 6.45) is 4.02. The third-order valence-corrected chi connectivity index (χ3v) is 3.38. The number of hydrogen-bond acceptors (Lipinski definition) is 3. The molecule has 1 aliphatic heterocycles. The molecule has 6 heteroatoms. The summed E-state index contributed by atoms with van der Waals surface area (Å²) in [6, 6.07) is -1.04. The predicted octanol–water partition coefficient (Wildman–Crippen LogP) is 1.45. The van der Waals surface area contributed by atoms with Gasteiger partial charge in [-0.25, -0.2) is 9.59 Å². The van der Waals surface area contributed by atoms with Crippen LogP contribution >= 0.6 is 0 Å². The minimum absolute atomic E-state index is 0.0566. The summed E-state index contributed by atoms with van der Waals surface area (Å²) in [6.45, 7) is 3.00. The SMILES string of the molecule is CCCC(COC)NC(=O)N1CCCCC1C(=O)O. The molecule has 0 spiro atoms. The Bertz CT molecular complexity index is 303. The molecule has 0 radical (unpaired) electrons. The highest BCUT2D eigenvalue weighted by molar-refractivity contribution is 5.83. The fourth-order valence-corrected chi connectivity index (χ4v) is 2.44. The largest absolute Gasteiger partial charge is 0.480 e. The maximum absolute atomic E-state index is 12.2. The molecule has 0 aromatic rings. The second-order valence-corrected chi connectivity index (χ2v) is 4.93. The number of likely N-dealkylation sites (tertiary alicyclic amines) is 1. The quantitative estimate of drug-likeness (QED) is 0.767. The third-order valence-electron chi connectivity index (χ3n) is 3.38. The normalized spacial score (nSPS) is 20.9. The van der Waals surface area contributed by atoms with Crippen LogP contribution in [0.5, 0.6) is 0 Å². The van der Waals surface area contributed by atoms with Gasteiger partial charge in [0, 0.05) is 13.7 Å². The van der Waals surface area contributed by atoms with E-state index >= 15 is 0 Å². The van der Waals surface area contributed by atoms with Gasteiger partial charge in [0.1, 0.15) is 6.04 Å². The summed E-state index contributed by atoms with van der Waals surface area (Å²) < 4.78 is 5.07. The van der Waals surface area contributed by atoms with Gasteiger partial charge in [0.25, 0.3) is 0 Å². The Balaban J connectivity index is 2.60. The summed E-state index contributed by atoms with van der Waals surface area (Å²) in [5.41, 5.74) is 0. The first-order valence-corrected chi connectivity index (χ1v) is 6.89. The lowest BCUT2D eigenvalue weighted by molar-refractivity contribution is -0.143. The second-order valence-electron chi connectivity index (χ2n) is 4.93. The van der Waals surface area contributed by atoms with Crippen LogP contribution in [-0.4, -0.2) is 54.4 Å². The number of hydrogen-bond donors (Lipinski definition) is 2. The Kier molecular flexibility index (Phi) is 6.62. The molecule has 1 saturated heterocycles. The molecule has 2 atom stereocenters. The Morgan fingerprint density at radius 2 is 2.21 bits per heavy atom. The van der Waals surface area contributed by atoms with E-state index in [0.29, 0.717) is 19.6 Å². The Morgan fingerprint density at radius 3 is 2.79 bits per heavy atom. The van der Waals surface area contributed by atoms with Gasteiger partial charge in [0.05, 0.1) is 12.6 Å². The standard InChI is InChI=1S/C13H24N2O4/c1-3-6-10(9-19-2)14-13(18)15-8-5-4-7-11(15)12(16)17/h10-11H,3-9H2,1-2H3,(H,14,18)(H,16,17). The van der Waals surface area contributed by atoms with Gasteiger partial charge in [-0.05, 0) is 25.7 Å². The monoisotopic (exact) mass is 272 g/mol. The van der Waals surface area contributed by atoms with Crippen molar-refractivity contribution in [3.05, 3.63) is 0 Å². The van der Waals surface area contributed by atoms with Gasteiger partial charge in [-0.15, -0.1) is 0 Å². The van der Waals surface area contributed by atoms with Crippen LogP contribution in [0.25, 0.3) is 0 Å². The fourth-order valence-electron chi connectivity index (χ4n) is 2.44. The van der Waals surface area contributed by atoms with Crippen molar-refractivity contribution in [2.45, 2.75) is 51.1 Å². The van der Waals surface area contributed by atoms with Gasteiger partial charge >= 0.3 is 12.0 Å². The highest BCUT2D eigenvalue weighted by Gasteiger charge is 2.32. The van der Waals surface area contributed by atoms with E-state index < -0.39 is 12.0 Å². The summed E-state index contributed by atoms with van der Waals surface area (Å²) >= 11 is 0. The summed E-state index contributed by atoms with van der Waals surface area (Å²) in [5, 5.41) is 12.0. The zero-order valence-electron chi connectivity index (χ0n) is 11.7. The molecule has 1 heterocycles. The van der Waals surface area contributed by atoms with Crippen molar-refractivity contribution >= 4 is 12.0 Å². The van der Waals surface area contributed by atoms with E-state index in [4.69, 9.17) is 9.84 Å². The topological polar surface area (TPSA) is 78.9 Å². The first kappa shape index (κ1) is 15.8. The lowest BCUT2D eigenvalue weighted by atomic mass is 10.0. The van der Waals surface area contributed by atoms with Crippen LogP contribution in [0.1, 0.15) is 39.0 Å². The van der Waals surface area contributed by atoms with Gasteiger partial charge in [-0.2, -0.15) is 0 Å². The van der Waals surface area contributed by atoms with Gasteiger partial charge in [0.15, 0.2) is 0 Å². The van der Waals surface area contributed by atoms with Gasteiger partial charge in [-0.3, -0.25) is 0 Å². The molecule has 2 N–H and O–H groups in total. The third kappa shape index (κ3) is 4.70. The highest BCUT2D eigenvalue weighted by Crippen LogP contribution is 2.17. The number of carboxylic acid groups (broad SMARTS) is 1. The van der Waals surface area contributed by atoms with Crippen molar-refractivity contribution in [3.63, 3.8) is 0 Å². The van der Waals surface area contributed by atoms with Crippen molar-refractivity contribution in [2.24, 2.45) is 0 Å². The van der Waals surface area contributed by atoms with Crippen LogP contribution in [0.2, 0.25) is 0 Å². The molecular weight excluding hydrogens is 248 g/mol. The number of piperidine rings is 1. The summed E-state index contributed by atoms with van der Waals surface area (Å²) in [5.74, 6) is -0.923. The number of aliphatic carboxylic acids is 1. The molecule has 1 rings (SSSR count). The number of ether oxygens (including phenoxy) is 1. The first-order valence-electron chi connectivity index (χ1n) is 6.89. The lowest BCUT2D eigenvalue weighted by Gasteiger charge is -2.34. The molecule has 0 aromatic carbocycles. The Labute approximate surface area is 114 Å². The molecule has 110 valence electrons. The predicted molar refractivity (Wildman–Crippen MR) is 71.1 cm³/mol. The fraction of sp³-hybridized carbons (Fsp3) is 0.846. The summed E-state index contributed by atoms with van der Waals surface area (Å²) in [4.78, 5) is 24.8. The van der Waals surface area contributed by atoms with Gasteiger partial charge < -0.3 is 20.1 Å². The maximum atomic E-state index is 12.2. The van der Waals surface area contributed by atoms with Gasteiger partial charge in [0.2, 0.25) is 0 Å². The number of rotatable bonds is 6. The van der Waals surface area contributed by atoms with E-state index in [-0.39, 0.29) is 12.1 Å². The van der Waals surface area contributed by atoms with Gasteiger partial charge in [-0.1, -0.05) is 13.3 Å². The van der Waals surface area contributed by atoms with E-state index in [1.54, 1.807) is 7.11 Å². The van der Waals surface area contributed by atoms with Crippen molar-refractivity contribution in [2.75, 3.05) is 20.3 Å².